The van der Waals surface area contributed by atoms with Gasteiger partial charge in [0.1, 0.15) is 5.82 Å². The first kappa shape index (κ1) is 18.4. The van der Waals surface area contributed by atoms with E-state index in [9.17, 15) is 4.39 Å². The van der Waals surface area contributed by atoms with Gasteiger partial charge < -0.3 is 5.73 Å². The Morgan fingerprint density at radius 1 is 1.19 bits per heavy atom. The first-order valence-corrected chi connectivity index (χ1v) is 8.09. The molecule has 136 valence electrons. The van der Waals surface area contributed by atoms with Crippen molar-refractivity contribution in [3.8, 4) is 11.1 Å². The molecule has 27 heavy (non-hydrogen) atoms. The molecule has 0 atom stereocenters. The molecule has 7 nitrogen and oxygen atoms in total. The van der Waals surface area contributed by atoms with Gasteiger partial charge in [0.2, 0.25) is 0 Å². The van der Waals surface area contributed by atoms with E-state index in [0.717, 1.165) is 16.1 Å². The van der Waals surface area contributed by atoms with Crippen LogP contribution in [-0.4, -0.2) is 22.5 Å². The highest BCUT2D eigenvalue weighted by atomic mass is 35.5. The molecule has 0 unspecified atom stereocenters. The van der Waals surface area contributed by atoms with Crippen LogP contribution in [0.5, 0.6) is 0 Å². The van der Waals surface area contributed by atoms with Crippen LogP contribution in [0.25, 0.3) is 11.1 Å². The summed E-state index contributed by atoms with van der Waals surface area (Å²) in [6.07, 6.45) is 4.93. The number of rotatable bonds is 4. The Hall–Kier alpha value is -3.36. The quantitative estimate of drug-likeness (QED) is 0.311. The molecule has 9 heteroatoms. The second-order valence-electron chi connectivity index (χ2n) is 5.41. The molecule has 0 aliphatic rings. The lowest BCUT2D eigenvalue weighted by molar-refractivity contribution is 0.627. The van der Waals surface area contributed by atoms with Crippen molar-refractivity contribution < 1.29 is 4.39 Å². The van der Waals surface area contributed by atoms with Crippen LogP contribution < -0.4 is 16.6 Å². The van der Waals surface area contributed by atoms with Crippen molar-refractivity contribution >= 4 is 35.7 Å². The monoisotopic (exact) mass is 383 g/mol. The topological polar surface area (TPSA) is 106 Å². The van der Waals surface area contributed by atoms with Gasteiger partial charge in [-0.3, -0.25) is 9.99 Å². The van der Waals surface area contributed by atoms with Gasteiger partial charge >= 0.3 is 0 Å². The van der Waals surface area contributed by atoms with Crippen LogP contribution in [0.2, 0.25) is 5.02 Å². The lowest BCUT2D eigenvalue weighted by Crippen LogP contribution is -2.39. The third-order valence-corrected chi connectivity index (χ3v) is 4.03. The zero-order chi connectivity index (χ0) is 19.4. The molecule has 0 spiro atoms. The number of hydrogen-bond donors (Lipinski definition) is 2. The van der Waals surface area contributed by atoms with Crippen LogP contribution in [0.3, 0.4) is 0 Å². The minimum absolute atomic E-state index is 0.00363. The summed E-state index contributed by atoms with van der Waals surface area (Å²) in [6.45, 7) is 3.34. The summed E-state index contributed by atoms with van der Waals surface area (Å²) >= 11 is 5.85. The number of nitrogens with zero attached hydrogens (tertiary/aromatic N) is 5. The van der Waals surface area contributed by atoms with Gasteiger partial charge in [-0.1, -0.05) is 23.7 Å². The van der Waals surface area contributed by atoms with Gasteiger partial charge in [0.05, 0.1) is 16.3 Å². The third-order valence-electron chi connectivity index (χ3n) is 3.74. The molecule has 1 aromatic carbocycles. The predicted octanol–water partition coefficient (Wildman–Crippen LogP) is 3.26. The average Bonchev–Trinajstić information content (AvgIpc) is 2.69. The van der Waals surface area contributed by atoms with Crippen LogP contribution in [0.4, 0.5) is 15.9 Å². The van der Waals surface area contributed by atoms with Crippen LogP contribution in [-0.2, 0) is 0 Å². The molecular formula is C18H15ClFN7. The summed E-state index contributed by atoms with van der Waals surface area (Å²) < 4.78 is 14.4. The summed E-state index contributed by atoms with van der Waals surface area (Å²) in [6, 6.07) is 9.80. The van der Waals surface area contributed by atoms with Crippen LogP contribution in [0.15, 0.2) is 65.2 Å². The van der Waals surface area contributed by atoms with Crippen LogP contribution in [0, 0.1) is 5.82 Å². The Kier molecular flexibility index (Phi) is 5.39. The minimum Gasteiger partial charge on any atom is -0.383 e. The number of amidine groups is 1. The fourth-order valence-electron chi connectivity index (χ4n) is 2.44. The Balaban J connectivity index is 2.12. The van der Waals surface area contributed by atoms with Crippen molar-refractivity contribution in [3.63, 3.8) is 0 Å². The molecule has 0 aliphatic carbocycles. The molecule has 2 heterocycles. The number of nitrogens with two attached hydrogens (primary N) is 2. The van der Waals surface area contributed by atoms with Crippen molar-refractivity contribution in [1.82, 2.24) is 9.97 Å². The van der Waals surface area contributed by atoms with Crippen molar-refractivity contribution in [2.45, 2.75) is 0 Å². The number of anilines is 2. The Labute approximate surface area is 159 Å². The van der Waals surface area contributed by atoms with E-state index < -0.39 is 5.82 Å². The number of hydrazine groups is 1. The zero-order valence-corrected chi connectivity index (χ0v) is 14.8. The number of nitrogen functional groups attached to an aromatic ring is 1. The van der Waals surface area contributed by atoms with E-state index in [0.29, 0.717) is 5.56 Å². The molecule has 0 bridgehead atoms. The van der Waals surface area contributed by atoms with Crippen molar-refractivity contribution in [2.75, 3.05) is 10.7 Å². The Bertz CT molecular complexity index is 1010. The number of hydrogen-bond acceptors (Lipinski definition) is 6. The predicted molar refractivity (Wildman–Crippen MR) is 106 cm³/mol. The normalized spacial score (nSPS) is 11.3. The van der Waals surface area contributed by atoms with E-state index in [1.54, 1.807) is 36.8 Å². The first-order valence-electron chi connectivity index (χ1n) is 7.71. The van der Waals surface area contributed by atoms with E-state index in [-0.39, 0.29) is 22.4 Å². The molecule has 0 saturated heterocycles. The van der Waals surface area contributed by atoms with Gasteiger partial charge in [-0.25, -0.2) is 15.2 Å². The lowest BCUT2D eigenvalue weighted by Gasteiger charge is -2.22. The highest BCUT2D eigenvalue weighted by Crippen LogP contribution is 2.27. The smallest absolute Gasteiger partial charge is 0.181 e. The summed E-state index contributed by atoms with van der Waals surface area (Å²) in [7, 11) is 0. The molecule has 0 fully saturated rings. The molecule has 0 radical (unpaired) electrons. The maximum absolute atomic E-state index is 14.4. The minimum atomic E-state index is -0.701. The number of pyridine rings is 2. The Morgan fingerprint density at radius 2 is 2.00 bits per heavy atom. The molecule has 0 aliphatic heterocycles. The van der Waals surface area contributed by atoms with Gasteiger partial charge in [0.15, 0.2) is 11.7 Å². The maximum atomic E-state index is 14.4. The molecule has 0 saturated carbocycles. The van der Waals surface area contributed by atoms with E-state index in [1.807, 2.05) is 6.07 Å². The molecule has 2 aromatic heterocycles. The summed E-state index contributed by atoms with van der Waals surface area (Å²) in [5.74, 6) is 5.60. The largest absolute Gasteiger partial charge is 0.383 e. The summed E-state index contributed by atoms with van der Waals surface area (Å²) in [4.78, 5) is 8.26. The highest BCUT2D eigenvalue weighted by molar-refractivity contribution is 6.31. The van der Waals surface area contributed by atoms with Gasteiger partial charge in [-0.2, -0.15) is 5.10 Å². The van der Waals surface area contributed by atoms with E-state index in [1.165, 1.54) is 12.1 Å². The standard InChI is InChI=1S/C18H15ClFN7/c1-23-26-18(27(22)15-6-2-5-14(19)16(15)20)13-8-12(10-25-17(13)21)11-4-3-7-24-9-11/h2-10H,1,22H2,(H2,21,25)/b26-18-. The van der Waals surface area contributed by atoms with Gasteiger partial charge in [-0.05, 0) is 24.3 Å². The van der Waals surface area contributed by atoms with E-state index in [2.05, 4.69) is 26.9 Å². The molecule has 4 N–H and O–H groups in total. The second-order valence-corrected chi connectivity index (χ2v) is 5.81. The van der Waals surface area contributed by atoms with Gasteiger partial charge in [-0.15, -0.1) is 5.10 Å². The first-order chi connectivity index (χ1) is 13.0. The molecule has 3 aromatic rings. The summed E-state index contributed by atoms with van der Waals surface area (Å²) in [5.41, 5.74) is 7.90. The van der Waals surface area contributed by atoms with E-state index >= 15 is 0 Å². The van der Waals surface area contributed by atoms with Crippen LogP contribution in [0.1, 0.15) is 5.56 Å². The number of halogens is 2. The average molecular weight is 384 g/mol. The zero-order valence-electron chi connectivity index (χ0n) is 14.0. The SMILES string of the molecule is C=N/N=C(/c1cc(-c2cccnc2)cnc1N)N(N)c1cccc(Cl)c1F. The number of aromatic nitrogens is 2. The highest BCUT2D eigenvalue weighted by Gasteiger charge is 2.21. The van der Waals surface area contributed by atoms with Gasteiger partial charge in [0.25, 0.3) is 0 Å². The molecular weight excluding hydrogens is 369 g/mol. The molecule has 0 amide bonds. The van der Waals surface area contributed by atoms with E-state index in [4.69, 9.17) is 23.2 Å². The van der Waals surface area contributed by atoms with Crippen molar-refractivity contribution in [3.05, 3.63) is 71.4 Å². The van der Waals surface area contributed by atoms with Gasteiger partial charge in [0, 0.05) is 36.4 Å². The summed E-state index contributed by atoms with van der Waals surface area (Å²) in [5, 5.41) is 8.36. The van der Waals surface area contributed by atoms with Crippen LogP contribution >= 0.6 is 11.6 Å². The lowest BCUT2D eigenvalue weighted by atomic mass is 10.1. The second kappa shape index (κ2) is 7.90. The fourth-order valence-corrected chi connectivity index (χ4v) is 2.61. The number of benzene rings is 1. The third kappa shape index (κ3) is 3.76. The van der Waals surface area contributed by atoms with Crippen molar-refractivity contribution in [1.29, 1.82) is 0 Å². The molecule has 3 rings (SSSR count). The Morgan fingerprint density at radius 3 is 2.70 bits per heavy atom. The fraction of sp³-hybridized carbons (Fsp3) is 0. The van der Waals surface area contributed by atoms with Crippen molar-refractivity contribution in [2.24, 2.45) is 16.0 Å². The maximum Gasteiger partial charge on any atom is 0.181 e.